The van der Waals surface area contributed by atoms with Gasteiger partial charge >= 0.3 is 0 Å². The molecule has 7 nitrogen and oxygen atoms in total. The second-order valence-electron chi connectivity index (χ2n) is 10.1. The van der Waals surface area contributed by atoms with Gasteiger partial charge in [-0.3, -0.25) is 13.9 Å². The number of rotatable bonds is 12. The van der Waals surface area contributed by atoms with E-state index >= 15 is 0 Å². The zero-order chi connectivity index (χ0) is 31.0. The molecule has 4 rings (SSSR count). The SMILES string of the molecule is CCNC(=O)[C@@H](Cc1ccccc1)N(Cc1cccc(Cl)c1)C(=O)CN(c1ccc(Cl)cc1)S(=O)(=O)c1ccc(C)cc1. The molecule has 0 saturated heterocycles. The molecule has 0 spiro atoms. The van der Waals surface area contributed by atoms with Gasteiger partial charge in [0.15, 0.2) is 0 Å². The van der Waals surface area contributed by atoms with E-state index in [0.29, 0.717) is 22.2 Å². The van der Waals surface area contributed by atoms with Crippen LogP contribution in [0.15, 0.2) is 108 Å². The van der Waals surface area contributed by atoms with Crippen molar-refractivity contribution >= 4 is 50.7 Å². The summed E-state index contributed by atoms with van der Waals surface area (Å²) < 4.78 is 29.1. The highest BCUT2D eigenvalue weighted by atomic mass is 35.5. The van der Waals surface area contributed by atoms with Gasteiger partial charge in [0.05, 0.1) is 10.6 Å². The summed E-state index contributed by atoms with van der Waals surface area (Å²) in [4.78, 5) is 29.3. The number of hydrogen-bond acceptors (Lipinski definition) is 4. The van der Waals surface area contributed by atoms with Gasteiger partial charge in [-0.25, -0.2) is 8.42 Å². The monoisotopic (exact) mass is 637 g/mol. The van der Waals surface area contributed by atoms with Crippen LogP contribution in [0.4, 0.5) is 5.69 Å². The first kappa shape index (κ1) is 32.1. The molecule has 1 atom stereocenters. The first-order valence-corrected chi connectivity index (χ1v) is 16.0. The third-order valence-corrected chi connectivity index (χ3v) is 9.14. The van der Waals surface area contributed by atoms with Gasteiger partial charge in [-0.05, 0) is 73.5 Å². The smallest absolute Gasteiger partial charge is 0.264 e. The molecule has 1 N–H and O–H groups in total. The summed E-state index contributed by atoms with van der Waals surface area (Å²) in [6, 6.07) is 28.1. The first-order chi connectivity index (χ1) is 20.6. The van der Waals surface area contributed by atoms with E-state index in [1.807, 2.05) is 43.3 Å². The van der Waals surface area contributed by atoms with Gasteiger partial charge < -0.3 is 10.2 Å². The fourth-order valence-corrected chi connectivity index (χ4v) is 6.40. The zero-order valence-corrected chi connectivity index (χ0v) is 26.2. The van der Waals surface area contributed by atoms with Gasteiger partial charge in [0.1, 0.15) is 12.6 Å². The Morgan fingerprint density at radius 1 is 0.814 bits per heavy atom. The van der Waals surface area contributed by atoms with E-state index in [-0.39, 0.29) is 29.5 Å². The van der Waals surface area contributed by atoms with E-state index in [9.17, 15) is 18.0 Å². The number of nitrogens with one attached hydrogen (secondary N) is 1. The van der Waals surface area contributed by atoms with Crippen molar-refractivity contribution in [1.82, 2.24) is 10.2 Å². The second kappa shape index (κ2) is 14.6. The van der Waals surface area contributed by atoms with Crippen molar-refractivity contribution in [2.75, 3.05) is 17.4 Å². The van der Waals surface area contributed by atoms with Crippen molar-refractivity contribution in [2.24, 2.45) is 0 Å². The molecule has 224 valence electrons. The number of nitrogens with zero attached hydrogens (tertiary/aromatic N) is 2. The number of aryl methyl sites for hydroxylation is 1. The van der Waals surface area contributed by atoms with Crippen LogP contribution >= 0.6 is 23.2 Å². The van der Waals surface area contributed by atoms with Crippen LogP contribution in [0.25, 0.3) is 0 Å². The topological polar surface area (TPSA) is 86.8 Å². The molecule has 0 aliphatic heterocycles. The highest BCUT2D eigenvalue weighted by molar-refractivity contribution is 7.92. The largest absolute Gasteiger partial charge is 0.355 e. The van der Waals surface area contributed by atoms with Gasteiger partial charge in [-0.1, -0.05) is 83.4 Å². The Kier molecular flexibility index (Phi) is 10.9. The molecule has 0 heterocycles. The second-order valence-corrected chi connectivity index (χ2v) is 12.8. The fraction of sp³-hybridized carbons (Fsp3) is 0.212. The van der Waals surface area contributed by atoms with Gasteiger partial charge in [0, 0.05) is 29.6 Å². The highest BCUT2D eigenvalue weighted by Crippen LogP contribution is 2.27. The van der Waals surface area contributed by atoms with Crippen LogP contribution in [0.1, 0.15) is 23.6 Å². The summed E-state index contributed by atoms with van der Waals surface area (Å²) in [5, 5.41) is 3.75. The quantitative estimate of drug-likeness (QED) is 0.198. The van der Waals surface area contributed by atoms with E-state index in [2.05, 4.69) is 5.32 Å². The van der Waals surface area contributed by atoms with E-state index in [0.717, 1.165) is 15.4 Å². The van der Waals surface area contributed by atoms with Crippen molar-refractivity contribution in [2.45, 2.75) is 37.8 Å². The molecule has 2 amide bonds. The highest BCUT2D eigenvalue weighted by Gasteiger charge is 2.34. The standard InChI is InChI=1S/C33H33Cl2N3O4S/c1-3-36-33(40)31(21-25-8-5-4-6-9-25)37(22-26-10-7-11-28(35)20-26)32(39)23-38(29-16-14-27(34)15-17-29)43(41,42)30-18-12-24(2)13-19-30/h4-20,31H,3,21-23H2,1-2H3,(H,36,40)/t31-/m1/s1. The van der Waals surface area contributed by atoms with E-state index in [4.69, 9.17) is 23.2 Å². The summed E-state index contributed by atoms with van der Waals surface area (Å²) in [5.74, 6) is -0.904. The minimum absolute atomic E-state index is 0.0341. The van der Waals surface area contributed by atoms with Crippen molar-refractivity contribution in [3.8, 4) is 0 Å². The molecule has 0 aliphatic carbocycles. The predicted octanol–water partition coefficient (Wildman–Crippen LogP) is 6.27. The fourth-order valence-electron chi connectivity index (χ4n) is 4.65. The van der Waals surface area contributed by atoms with Crippen LogP contribution in [0, 0.1) is 6.92 Å². The van der Waals surface area contributed by atoms with E-state index in [1.54, 1.807) is 61.5 Å². The molecule has 0 radical (unpaired) electrons. The maximum atomic E-state index is 14.3. The van der Waals surface area contributed by atoms with Crippen LogP contribution in [0.5, 0.6) is 0 Å². The van der Waals surface area contributed by atoms with E-state index in [1.165, 1.54) is 17.0 Å². The minimum Gasteiger partial charge on any atom is -0.355 e. The number of amides is 2. The van der Waals surface area contributed by atoms with Crippen molar-refractivity contribution in [1.29, 1.82) is 0 Å². The molecule has 0 unspecified atom stereocenters. The average Bonchev–Trinajstić information content (AvgIpc) is 2.99. The number of sulfonamides is 1. The normalized spacial score (nSPS) is 11.9. The van der Waals surface area contributed by atoms with Gasteiger partial charge in [-0.2, -0.15) is 0 Å². The lowest BCUT2D eigenvalue weighted by Gasteiger charge is -2.34. The van der Waals surface area contributed by atoms with Gasteiger partial charge in [0.2, 0.25) is 11.8 Å². The molecule has 43 heavy (non-hydrogen) atoms. The van der Waals surface area contributed by atoms with Crippen LogP contribution in [-0.4, -0.2) is 44.3 Å². The number of carbonyl (C=O) groups is 2. The van der Waals surface area contributed by atoms with Gasteiger partial charge in [-0.15, -0.1) is 0 Å². The Hall–Kier alpha value is -3.85. The lowest BCUT2D eigenvalue weighted by molar-refractivity contribution is -0.140. The number of anilines is 1. The van der Waals surface area contributed by atoms with Crippen LogP contribution in [-0.2, 0) is 32.6 Å². The van der Waals surface area contributed by atoms with Crippen molar-refractivity contribution < 1.29 is 18.0 Å². The summed E-state index contributed by atoms with van der Waals surface area (Å²) in [6.07, 6.45) is 0.227. The third-order valence-electron chi connectivity index (χ3n) is 6.87. The average molecular weight is 639 g/mol. The number of hydrogen-bond donors (Lipinski definition) is 1. The molecule has 4 aromatic carbocycles. The molecule has 10 heteroatoms. The molecular formula is C33H33Cl2N3O4S. The Labute approximate surface area is 263 Å². The Morgan fingerprint density at radius 3 is 2.09 bits per heavy atom. The number of benzene rings is 4. The minimum atomic E-state index is -4.19. The molecule has 0 bridgehead atoms. The molecule has 4 aromatic rings. The third kappa shape index (κ3) is 8.38. The summed E-state index contributed by atoms with van der Waals surface area (Å²) in [5.41, 5.74) is 2.71. The lowest BCUT2D eigenvalue weighted by atomic mass is 10.0. The van der Waals surface area contributed by atoms with Gasteiger partial charge in [0.25, 0.3) is 10.0 Å². The Morgan fingerprint density at radius 2 is 1.47 bits per heavy atom. The maximum Gasteiger partial charge on any atom is 0.264 e. The first-order valence-electron chi connectivity index (χ1n) is 13.8. The molecule has 0 fully saturated rings. The molecule has 0 aromatic heterocycles. The summed E-state index contributed by atoms with van der Waals surface area (Å²) in [7, 11) is -4.19. The number of halogens is 2. The van der Waals surface area contributed by atoms with Crippen molar-refractivity contribution in [3.63, 3.8) is 0 Å². The summed E-state index contributed by atoms with van der Waals surface area (Å²) in [6.45, 7) is 3.51. The van der Waals surface area contributed by atoms with E-state index < -0.39 is 28.5 Å². The lowest BCUT2D eigenvalue weighted by Crippen LogP contribution is -2.53. The van der Waals surface area contributed by atoms with Crippen molar-refractivity contribution in [3.05, 3.63) is 130 Å². The number of carbonyl (C=O) groups excluding carboxylic acids is 2. The van der Waals surface area contributed by atoms with Crippen LogP contribution in [0.3, 0.4) is 0 Å². The van der Waals surface area contributed by atoms with Crippen LogP contribution < -0.4 is 9.62 Å². The number of likely N-dealkylation sites (N-methyl/N-ethyl adjacent to an activating group) is 1. The molecule has 0 aliphatic rings. The predicted molar refractivity (Wildman–Crippen MR) is 172 cm³/mol. The summed E-state index contributed by atoms with van der Waals surface area (Å²) >= 11 is 12.4. The maximum absolute atomic E-state index is 14.3. The Bertz CT molecular complexity index is 1650. The van der Waals surface area contributed by atoms with Crippen LogP contribution in [0.2, 0.25) is 10.0 Å². The Balaban J connectivity index is 1.79. The zero-order valence-electron chi connectivity index (χ0n) is 23.9. The molecular weight excluding hydrogens is 605 g/mol. The molecule has 0 saturated carbocycles.